The molecule has 6 heteroatoms. The lowest BCUT2D eigenvalue weighted by Crippen LogP contribution is -2.34. The molecule has 0 spiro atoms. The van der Waals surface area contributed by atoms with Gasteiger partial charge in [0.2, 0.25) is 0 Å². The zero-order valence-electron chi connectivity index (χ0n) is 13.3. The lowest BCUT2D eigenvalue weighted by atomic mass is 9.95. The Bertz CT molecular complexity index is 675. The van der Waals surface area contributed by atoms with Crippen LogP contribution in [0.15, 0.2) is 24.3 Å². The third kappa shape index (κ3) is 3.09. The maximum Gasteiger partial charge on any atom is 0.147 e. The van der Waals surface area contributed by atoms with Crippen molar-refractivity contribution in [3.05, 3.63) is 41.5 Å². The Labute approximate surface area is 136 Å². The second-order valence-electron chi connectivity index (χ2n) is 6.52. The zero-order chi connectivity index (χ0) is 15.6. The largest absolute Gasteiger partial charge is 0.508 e. The number of phenolic OH excluding ortho intramolecular Hbond substituents is 1. The predicted molar refractivity (Wildman–Crippen MR) is 87.1 cm³/mol. The lowest BCUT2D eigenvalue weighted by molar-refractivity contribution is 0.199. The number of nitrogens with zero attached hydrogens (tertiary/aromatic N) is 4. The van der Waals surface area contributed by atoms with E-state index in [1.54, 1.807) is 6.07 Å². The highest BCUT2D eigenvalue weighted by atomic mass is 16.3. The molecule has 122 valence electrons. The number of hydrogen-bond donors (Lipinski definition) is 2. The van der Waals surface area contributed by atoms with Gasteiger partial charge in [0.05, 0.1) is 6.54 Å². The Morgan fingerprint density at radius 2 is 2.04 bits per heavy atom. The van der Waals surface area contributed by atoms with Gasteiger partial charge in [-0.1, -0.05) is 12.1 Å². The zero-order valence-corrected chi connectivity index (χ0v) is 13.3. The molecule has 23 heavy (non-hydrogen) atoms. The molecule has 1 fully saturated rings. The van der Waals surface area contributed by atoms with Gasteiger partial charge in [-0.3, -0.25) is 4.90 Å². The molecule has 1 aromatic carbocycles. The normalized spacial score (nSPS) is 19.7. The van der Waals surface area contributed by atoms with E-state index in [0.717, 1.165) is 57.9 Å². The summed E-state index contributed by atoms with van der Waals surface area (Å²) < 4.78 is 2.31. The molecule has 6 nitrogen and oxygen atoms in total. The highest BCUT2D eigenvalue weighted by molar-refractivity contribution is 5.27. The van der Waals surface area contributed by atoms with Crippen molar-refractivity contribution >= 4 is 0 Å². The molecule has 2 aromatic rings. The van der Waals surface area contributed by atoms with Crippen LogP contribution in [-0.2, 0) is 19.6 Å². The third-order valence-corrected chi connectivity index (χ3v) is 4.92. The van der Waals surface area contributed by atoms with Crippen LogP contribution in [0.1, 0.15) is 36.0 Å². The molecule has 2 N–H and O–H groups in total. The molecule has 2 aliphatic heterocycles. The smallest absolute Gasteiger partial charge is 0.147 e. The van der Waals surface area contributed by atoms with Crippen molar-refractivity contribution in [3.63, 3.8) is 0 Å². The summed E-state index contributed by atoms with van der Waals surface area (Å²) in [6, 6.07) is 7.56. The molecule has 0 radical (unpaired) electrons. The van der Waals surface area contributed by atoms with Crippen LogP contribution in [0.2, 0.25) is 0 Å². The maximum absolute atomic E-state index is 9.58. The molecule has 0 amide bonds. The number of aromatic nitrogens is 3. The Kier molecular flexibility index (Phi) is 4.01. The van der Waals surface area contributed by atoms with Crippen LogP contribution in [0.5, 0.6) is 5.75 Å². The molecule has 4 rings (SSSR count). The summed E-state index contributed by atoms with van der Waals surface area (Å²) in [5.41, 5.74) is 1.18. The molecular formula is C17H23N5O. The summed E-state index contributed by atoms with van der Waals surface area (Å²) in [6.07, 6.45) is 2.26. The van der Waals surface area contributed by atoms with Crippen LogP contribution in [0, 0.1) is 0 Å². The van der Waals surface area contributed by atoms with E-state index in [9.17, 15) is 5.11 Å². The first-order valence-corrected chi connectivity index (χ1v) is 8.42. The minimum Gasteiger partial charge on any atom is -0.508 e. The number of rotatable bonds is 3. The standard InChI is InChI=1S/C17H23N5O/c23-15-3-1-2-13(10-15)12-21-7-4-14(5-8-21)17-20-19-16-11-18-6-9-22(16)17/h1-3,10,14,18,23H,4-9,11-12H2. The van der Waals surface area contributed by atoms with Crippen LogP contribution in [0.3, 0.4) is 0 Å². The second kappa shape index (κ2) is 6.29. The van der Waals surface area contributed by atoms with E-state index < -0.39 is 0 Å². The Morgan fingerprint density at radius 3 is 2.87 bits per heavy atom. The highest BCUT2D eigenvalue weighted by Crippen LogP contribution is 2.28. The summed E-state index contributed by atoms with van der Waals surface area (Å²) in [5.74, 6) is 3.13. The van der Waals surface area contributed by atoms with Crippen molar-refractivity contribution in [2.24, 2.45) is 0 Å². The number of aromatic hydroxyl groups is 1. The summed E-state index contributed by atoms with van der Waals surface area (Å²) in [4.78, 5) is 2.46. The molecule has 0 saturated carbocycles. The first-order chi connectivity index (χ1) is 11.3. The van der Waals surface area contributed by atoms with E-state index in [4.69, 9.17) is 0 Å². The maximum atomic E-state index is 9.58. The minimum absolute atomic E-state index is 0.348. The van der Waals surface area contributed by atoms with Gasteiger partial charge in [-0.25, -0.2) is 0 Å². The van der Waals surface area contributed by atoms with E-state index >= 15 is 0 Å². The fourth-order valence-corrected chi connectivity index (χ4v) is 3.68. The monoisotopic (exact) mass is 313 g/mol. The molecule has 0 aliphatic carbocycles. The van der Waals surface area contributed by atoms with E-state index in [1.165, 1.54) is 11.4 Å². The summed E-state index contributed by atoms with van der Waals surface area (Å²) in [6.45, 7) is 5.88. The van der Waals surface area contributed by atoms with Crippen molar-refractivity contribution in [2.45, 2.75) is 38.4 Å². The number of fused-ring (bicyclic) bond motifs is 1. The Hall–Kier alpha value is -1.92. The quantitative estimate of drug-likeness (QED) is 0.898. The molecular weight excluding hydrogens is 290 g/mol. The van der Waals surface area contributed by atoms with Crippen LogP contribution >= 0.6 is 0 Å². The van der Waals surface area contributed by atoms with Crippen LogP contribution in [0.25, 0.3) is 0 Å². The van der Waals surface area contributed by atoms with Crippen LogP contribution in [0.4, 0.5) is 0 Å². The molecule has 0 unspecified atom stereocenters. The van der Waals surface area contributed by atoms with Gasteiger partial charge >= 0.3 is 0 Å². The van der Waals surface area contributed by atoms with Crippen molar-refractivity contribution in [2.75, 3.05) is 19.6 Å². The molecule has 3 heterocycles. The van der Waals surface area contributed by atoms with Crippen LogP contribution in [-0.4, -0.2) is 44.4 Å². The molecule has 1 saturated heterocycles. The summed E-state index contributed by atoms with van der Waals surface area (Å²) in [5, 5.41) is 21.7. The fraction of sp³-hybridized carbons (Fsp3) is 0.529. The highest BCUT2D eigenvalue weighted by Gasteiger charge is 2.26. The second-order valence-corrected chi connectivity index (χ2v) is 6.52. The third-order valence-electron chi connectivity index (χ3n) is 4.92. The van der Waals surface area contributed by atoms with E-state index in [0.29, 0.717) is 11.7 Å². The average Bonchev–Trinajstić information content (AvgIpc) is 3.00. The molecule has 0 atom stereocenters. The van der Waals surface area contributed by atoms with Gasteiger partial charge in [-0.2, -0.15) is 0 Å². The van der Waals surface area contributed by atoms with Gasteiger partial charge in [-0.15, -0.1) is 10.2 Å². The average molecular weight is 313 g/mol. The number of benzene rings is 1. The number of piperidine rings is 1. The number of hydrogen-bond acceptors (Lipinski definition) is 5. The fourth-order valence-electron chi connectivity index (χ4n) is 3.68. The number of phenols is 1. The van der Waals surface area contributed by atoms with Gasteiger partial charge in [0.25, 0.3) is 0 Å². The van der Waals surface area contributed by atoms with Crippen molar-refractivity contribution in [3.8, 4) is 5.75 Å². The first kappa shape index (κ1) is 14.7. The van der Waals surface area contributed by atoms with Gasteiger partial charge in [0, 0.05) is 25.6 Å². The Morgan fingerprint density at radius 1 is 1.17 bits per heavy atom. The SMILES string of the molecule is Oc1cccc(CN2CCC(c3nnc4n3CCNC4)CC2)c1. The van der Waals surface area contributed by atoms with E-state index in [2.05, 4.69) is 31.0 Å². The lowest BCUT2D eigenvalue weighted by Gasteiger charge is -2.32. The van der Waals surface area contributed by atoms with Gasteiger partial charge in [-0.05, 0) is 43.6 Å². The Balaban J connectivity index is 1.38. The first-order valence-electron chi connectivity index (χ1n) is 8.42. The number of likely N-dealkylation sites (tertiary alicyclic amines) is 1. The topological polar surface area (TPSA) is 66.2 Å². The van der Waals surface area contributed by atoms with Gasteiger partial charge in [0.15, 0.2) is 0 Å². The van der Waals surface area contributed by atoms with Gasteiger partial charge in [0.1, 0.15) is 17.4 Å². The minimum atomic E-state index is 0.348. The van der Waals surface area contributed by atoms with E-state index in [-0.39, 0.29) is 0 Å². The predicted octanol–water partition coefficient (Wildman–Crippen LogP) is 1.47. The van der Waals surface area contributed by atoms with Crippen LogP contribution < -0.4 is 5.32 Å². The van der Waals surface area contributed by atoms with Gasteiger partial charge < -0.3 is 15.0 Å². The van der Waals surface area contributed by atoms with Crippen molar-refractivity contribution in [1.29, 1.82) is 0 Å². The molecule has 0 bridgehead atoms. The molecule has 2 aliphatic rings. The summed E-state index contributed by atoms with van der Waals surface area (Å²) in [7, 11) is 0. The van der Waals surface area contributed by atoms with Crippen molar-refractivity contribution < 1.29 is 5.11 Å². The number of nitrogens with one attached hydrogen (secondary N) is 1. The summed E-state index contributed by atoms with van der Waals surface area (Å²) >= 11 is 0. The van der Waals surface area contributed by atoms with Crippen molar-refractivity contribution in [1.82, 2.24) is 25.0 Å². The van der Waals surface area contributed by atoms with E-state index in [1.807, 2.05) is 12.1 Å². The molecule has 1 aromatic heterocycles.